The minimum absolute atomic E-state index is 0.115. The zero-order valence-electron chi connectivity index (χ0n) is 8.45. The molecule has 4 heteroatoms. The Morgan fingerprint density at radius 2 is 2.00 bits per heavy atom. The SMILES string of the molecule is NC1CCN(C(=O)[C@H]2CCOC2)CC1. The van der Waals surface area contributed by atoms with Crippen molar-refractivity contribution >= 4 is 5.91 Å². The number of carbonyl (C=O) groups excluding carboxylic acids is 1. The van der Waals surface area contributed by atoms with E-state index in [1.54, 1.807) is 0 Å². The van der Waals surface area contributed by atoms with E-state index >= 15 is 0 Å². The summed E-state index contributed by atoms with van der Waals surface area (Å²) in [6.07, 6.45) is 2.78. The van der Waals surface area contributed by atoms with Gasteiger partial charge in [-0.3, -0.25) is 4.79 Å². The van der Waals surface area contributed by atoms with Crippen LogP contribution >= 0.6 is 0 Å². The van der Waals surface area contributed by atoms with Crippen LogP contribution in [0.3, 0.4) is 0 Å². The lowest BCUT2D eigenvalue weighted by atomic mass is 10.0. The number of amides is 1. The van der Waals surface area contributed by atoms with Gasteiger partial charge in [0.15, 0.2) is 0 Å². The van der Waals surface area contributed by atoms with Gasteiger partial charge in [-0.25, -0.2) is 0 Å². The fourth-order valence-electron chi connectivity index (χ4n) is 2.11. The van der Waals surface area contributed by atoms with Crippen molar-refractivity contribution in [2.75, 3.05) is 26.3 Å². The van der Waals surface area contributed by atoms with Gasteiger partial charge in [0.1, 0.15) is 0 Å². The number of rotatable bonds is 1. The molecule has 0 aliphatic carbocycles. The third-order valence-electron chi connectivity index (χ3n) is 3.13. The summed E-state index contributed by atoms with van der Waals surface area (Å²) in [5.41, 5.74) is 5.79. The number of nitrogens with zero attached hydrogens (tertiary/aromatic N) is 1. The molecule has 4 nitrogen and oxygen atoms in total. The van der Waals surface area contributed by atoms with Gasteiger partial charge in [-0.05, 0) is 19.3 Å². The zero-order chi connectivity index (χ0) is 9.97. The largest absolute Gasteiger partial charge is 0.381 e. The normalized spacial score (nSPS) is 29.5. The number of ether oxygens (including phenoxy) is 1. The first-order valence-corrected chi connectivity index (χ1v) is 5.39. The summed E-state index contributed by atoms with van der Waals surface area (Å²) in [6.45, 7) is 3.01. The molecule has 0 bridgehead atoms. The third kappa shape index (κ3) is 2.07. The van der Waals surface area contributed by atoms with Crippen LogP contribution in [0, 0.1) is 5.92 Å². The average Bonchev–Trinajstić information content (AvgIpc) is 2.71. The number of hydrogen-bond donors (Lipinski definition) is 1. The van der Waals surface area contributed by atoms with Gasteiger partial charge in [0.2, 0.25) is 5.91 Å². The van der Waals surface area contributed by atoms with Gasteiger partial charge in [-0.15, -0.1) is 0 Å². The molecule has 0 spiro atoms. The molecule has 2 saturated heterocycles. The van der Waals surface area contributed by atoms with Gasteiger partial charge in [-0.2, -0.15) is 0 Å². The lowest BCUT2D eigenvalue weighted by molar-refractivity contribution is -0.136. The van der Waals surface area contributed by atoms with Crippen LogP contribution in [-0.2, 0) is 9.53 Å². The second kappa shape index (κ2) is 4.28. The van der Waals surface area contributed by atoms with Crippen molar-refractivity contribution in [3.8, 4) is 0 Å². The second-order valence-corrected chi connectivity index (χ2v) is 4.22. The quantitative estimate of drug-likeness (QED) is 0.644. The summed E-state index contributed by atoms with van der Waals surface area (Å²) in [4.78, 5) is 13.9. The Kier molecular flexibility index (Phi) is 3.03. The molecule has 2 heterocycles. The molecule has 0 aromatic rings. The fraction of sp³-hybridized carbons (Fsp3) is 0.900. The van der Waals surface area contributed by atoms with Crippen LogP contribution < -0.4 is 5.73 Å². The van der Waals surface area contributed by atoms with Crippen molar-refractivity contribution < 1.29 is 9.53 Å². The second-order valence-electron chi connectivity index (χ2n) is 4.22. The van der Waals surface area contributed by atoms with E-state index in [1.165, 1.54) is 0 Å². The number of nitrogens with two attached hydrogens (primary N) is 1. The molecule has 2 N–H and O–H groups in total. The Morgan fingerprint density at radius 3 is 2.57 bits per heavy atom. The molecule has 0 aromatic carbocycles. The molecule has 14 heavy (non-hydrogen) atoms. The van der Waals surface area contributed by atoms with Crippen LogP contribution in [0.25, 0.3) is 0 Å². The number of likely N-dealkylation sites (tertiary alicyclic amines) is 1. The topological polar surface area (TPSA) is 55.6 Å². The standard InChI is InChI=1S/C10H18N2O2/c11-9-1-4-12(5-2-9)10(13)8-3-6-14-7-8/h8-9H,1-7,11H2/t8-/m0/s1. The molecular weight excluding hydrogens is 180 g/mol. The summed E-state index contributed by atoms with van der Waals surface area (Å²) in [5, 5.41) is 0. The molecule has 2 rings (SSSR count). The molecule has 0 radical (unpaired) electrons. The number of hydrogen-bond acceptors (Lipinski definition) is 3. The van der Waals surface area contributed by atoms with Crippen molar-refractivity contribution in [1.82, 2.24) is 4.90 Å². The average molecular weight is 198 g/mol. The van der Waals surface area contributed by atoms with E-state index < -0.39 is 0 Å². The molecule has 1 atom stereocenters. The Hall–Kier alpha value is -0.610. The van der Waals surface area contributed by atoms with Crippen LogP contribution in [0.5, 0.6) is 0 Å². The Morgan fingerprint density at radius 1 is 1.29 bits per heavy atom. The highest BCUT2D eigenvalue weighted by Gasteiger charge is 2.29. The highest BCUT2D eigenvalue weighted by atomic mass is 16.5. The molecule has 2 aliphatic heterocycles. The molecule has 2 fully saturated rings. The molecular formula is C10H18N2O2. The molecule has 1 amide bonds. The van der Waals surface area contributed by atoms with Crippen molar-refractivity contribution in [3.05, 3.63) is 0 Å². The summed E-state index contributed by atoms with van der Waals surface area (Å²) in [7, 11) is 0. The van der Waals surface area contributed by atoms with E-state index in [9.17, 15) is 4.79 Å². The molecule has 2 aliphatic rings. The van der Waals surface area contributed by atoms with Crippen molar-refractivity contribution in [1.29, 1.82) is 0 Å². The van der Waals surface area contributed by atoms with Crippen LogP contribution in [-0.4, -0.2) is 43.2 Å². The minimum Gasteiger partial charge on any atom is -0.381 e. The molecule has 0 saturated carbocycles. The van der Waals surface area contributed by atoms with E-state index in [2.05, 4.69) is 0 Å². The van der Waals surface area contributed by atoms with Crippen LogP contribution in [0.4, 0.5) is 0 Å². The van der Waals surface area contributed by atoms with E-state index in [1.807, 2.05) is 4.90 Å². The van der Waals surface area contributed by atoms with E-state index in [0.717, 1.165) is 39.0 Å². The predicted molar refractivity (Wildman–Crippen MR) is 52.7 cm³/mol. The third-order valence-corrected chi connectivity index (χ3v) is 3.13. The van der Waals surface area contributed by atoms with Crippen LogP contribution in [0.15, 0.2) is 0 Å². The summed E-state index contributed by atoms with van der Waals surface area (Å²) >= 11 is 0. The first-order chi connectivity index (χ1) is 6.77. The Balaban J connectivity index is 1.85. The van der Waals surface area contributed by atoms with Gasteiger partial charge in [0.05, 0.1) is 12.5 Å². The predicted octanol–water partition coefficient (Wildman–Crippen LogP) is -0.0274. The lowest BCUT2D eigenvalue weighted by Crippen LogP contribution is -2.45. The first kappa shape index (κ1) is 9.93. The van der Waals surface area contributed by atoms with Gasteiger partial charge in [0, 0.05) is 25.7 Å². The maximum atomic E-state index is 11.9. The summed E-state index contributed by atoms with van der Waals surface area (Å²) in [6, 6.07) is 0.291. The smallest absolute Gasteiger partial charge is 0.228 e. The number of carbonyl (C=O) groups is 1. The van der Waals surface area contributed by atoms with Crippen LogP contribution in [0.2, 0.25) is 0 Å². The Labute approximate surface area is 84.4 Å². The highest BCUT2D eigenvalue weighted by molar-refractivity contribution is 5.79. The number of piperidine rings is 1. The van der Waals surface area contributed by atoms with E-state index in [0.29, 0.717) is 12.6 Å². The first-order valence-electron chi connectivity index (χ1n) is 5.39. The lowest BCUT2D eigenvalue weighted by Gasteiger charge is -2.31. The molecule has 0 unspecified atom stereocenters. The monoisotopic (exact) mass is 198 g/mol. The maximum Gasteiger partial charge on any atom is 0.228 e. The zero-order valence-corrected chi connectivity index (χ0v) is 8.45. The van der Waals surface area contributed by atoms with Gasteiger partial charge >= 0.3 is 0 Å². The summed E-state index contributed by atoms with van der Waals surface area (Å²) < 4.78 is 5.22. The Bertz CT molecular complexity index is 206. The van der Waals surface area contributed by atoms with Crippen molar-refractivity contribution in [2.24, 2.45) is 11.7 Å². The van der Waals surface area contributed by atoms with Gasteiger partial charge < -0.3 is 15.4 Å². The summed E-state index contributed by atoms with van der Waals surface area (Å²) in [5.74, 6) is 0.388. The van der Waals surface area contributed by atoms with Crippen molar-refractivity contribution in [3.63, 3.8) is 0 Å². The van der Waals surface area contributed by atoms with E-state index in [-0.39, 0.29) is 11.8 Å². The minimum atomic E-state index is 0.115. The fourth-order valence-corrected chi connectivity index (χ4v) is 2.11. The van der Waals surface area contributed by atoms with Crippen LogP contribution in [0.1, 0.15) is 19.3 Å². The molecule has 80 valence electrons. The maximum absolute atomic E-state index is 11.9. The van der Waals surface area contributed by atoms with Crippen molar-refractivity contribution in [2.45, 2.75) is 25.3 Å². The van der Waals surface area contributed by atoms with E-state index in [4.69, 9.17) is 10.5 Å². The highest BCUT2D eigenvalue weighted by Crippen LogP contribution is 2.18. The van der Waals surface area contributed by atoms with Gasteiger partial charge in [0.25, 0.3) is 0 Å². The van der Waals surface area contributed by atoms with Gasteiger partial charge in [-0.1, -0.05) is 0 Å². The molecule has 0 aromatic heterocycles.